The number of anilines is 1. The normalized spacial score (nSPS) is 10.5. The molecule has 0 unspecified atom stereocenters. The zero-order chi connectivity index (χ0) is 14.8. The SMILES string of the molecule is O=C(Nc1ccncc1)c1cc2cc(Br)ccc2oc1=O. The molecule has 0 saturated carbocycles. The lowest BCUT2D eigenvalue weighted by molar-refractivity contribution is 0.102. The van der Waals surface area contributed by atoms with Crippen LogP contribution in [0.25, 0.3) is 11.0 Å². The minimum atomic E-state index is -0.670. The number of halogens is 1. The monoisotopic (exact) mass is 344 g/mol. The lowest BCUT2D eigenvalue weighted by Crippen LogP contribution is -2.20. The van der Waals surface area contributed by atoms with Crippen molar-refractivity contribution in [3.05, 3.63) is 69.2 Å². The number of fused-ring (bicyclic) bond motifs is 1. The van der Waals surface area contributed by atoms with Crippen LogP contribution in [0.15, 0.2) is 62.5 Å². The van der Waals surface area contributed by atoms with Crippen molar-refractivity contribution < 1.29 is 9.21 Å². The first-order valence-corrected chi connectivity index (χ1v) is 6.87. The highest BCUT2D eigenvalue weighted by Gasteiger charge is 2.14. The number of carbonyl (C=O) groups is 1. The Kier molecular flexibility index (Phi) is 3.53. The molecule has 0 fully saturated rings. The predicted octanol–water partition coefficient (Wildman–Crippen LogP) is 3.20. The molecule has 21 heavy (non-hydrogen) atoms. The van der Waals surface area contributed by atoms with Crippen LogP contribution in [-0.4, -0.2) is 10.9 Å². The highest BCUT2D eigenvalue weighted by atomic mass is 79.9. The Morgan fingerprint density at radius 3 is 2.67 bits per heavy atom. The maximum atomic E-state index is 12.2. The predicted molar refractivity (Wildman–Crippen MR) is 82.4 cm³/mol. The molecule has 0 atom stereocenters. The van der Waals surface area contributed by atoms with Crippen molar-refractivity contribution in [2.45, 2.75) is 0 Å². The van der Waals surface area contributed by atoms with Crippen molar-refractivity contribution in [3.63, 3.8) is 0 Å². The summed E-state index contributed by atoms with van der Waals surface area (Å²) in [4.78, 5) is 27.9. The lowest BCUT2D eigenvalue weighted by atomic mass is 10.2. The van der Waals surface area contributed by atoms with E-state index in [1.807, 2.05) is 0 Å². The number of benzene rings is 1. The quantitative estimate of drug-likeness (QED) is 0.724. The standard InChI is InChI=1S/C15H9BrN2O3/c16-10-1-2-13-9(7-10)8-12(15(20)21-13)14(19)18-11-3-5-17-6-4-11/h1-8H,(H,17,18,19). The first-order valence-electron chi connectivity index (χ1n) is 6.08. The second kappa shape index (κ2) is 5.49. The van der Waals surface area contributed by atoms with Gasteiger partial charge >= 0.3 is 5.63 Å². The number of hydrogen-bond donors (Lipinski definition) is 1. The van der Waals surface area contributed by atoms with Crippen LogP contribution in [-0.2, 0) is 0 Å². The molecule has 3 rings (SSSR count). The summed E-state index contributed by atoms with van der Waals surface area (Å²) in [5, 5.41) is 3.30. The van der Waals surface area contributed by atoms with E-state index in [0.717, 1.165) is 4.47 Å². The van der Waals surface area contributed by atoms with E-state index in [1.54, 1.807) is 42.7 Å². The fourth-order valence-corrected chi connectivity index (χ4v) is 2.27. The molecule has 0 bridgehead atoms. The second-order valence-electron chi connectivity index (χ2n) is 4.32. The van der Waals surface area contributed by atoms with Gasteiger partial charge in [-0.25, -0.2) is 4.79 Å². The Labute approximate surface area is 127 Å². The number of carbonyl (C=O) groups excluding carboxylic acids is 1. The van der Waals surface area contributed by atoms with Crippen molar-refractivity contribution in [1.29, 1.82) is 0 Å². The molecule has 3 aromatic rings. The summed E-state index contributed by atoms with van der Waals surface area (Å²) in [6.07, 6.45) is 3.10. The molecule has 0 radical (unpaired) electrons. The molecule has 0 aliphatic carbocycles. The van der Waals surface area contributed by atoms with Gasteiger partial charge in [0.1, 0.15) is 11.1 Å². The first-order chi connectivity index (χ1) is 10.1. The molecule has 0 aliphatic rings. The lowest BCUT2D eigenvalue weighted by Gasteiger charge is -2.05. The number of amides is 1. The van der Waals surface area contributed by atoms with Crippen molar-refractivity contribution in [2.24, 2.45) is 0 Å². The number of rotatable bonds is 2. The topological polar surface area (TPSA) is 72.2 Å². The first kappa shape index (κ1) is 13.5. The molecule has 5 nitrogen and oxygen atoms in total. The van der Waals surface area contributed by atoms with Crippen molar-refractivity contribution >= 4 is 38.5 Å². The summed E-state index contributed by atoms with van der Waals surface area (Å²) < 4.78 is 5.99. The van der Waals surface area contributed by atoms with Crippen LogP contribution in [0.2, 0.25) is 0 Å². The van der Waals surface area contributed by atoms with Crippen LogP contribution in [0, 0.1) is 0 Å². The van der Waals surface area contributed by atoms with E-state index in [0.29, 0.717) is 16.7 Å². The molecule has 2 heterocycles. The van der Waals surface area contributed by atoms with Crippen LogP contribution in [0.5, 0.6) is 0 Å². The highest BCUT2D eigenvalue weighted by Crippen LogP contribution is 2.19. The van der Waals surface area contributed by atoms with Crippen molar-refractivity contribution in [1.82, 2.24) is 4.98 Å². The maximum Gasteiger partial charge on any atom is 0.349 e. The fourth-order valence-electron chi connectivity index (χ4n) is 1.89. The Bertz CT molecular complexity index is 875. The van der Waals surface area contributed by atoms with Crippen molar-refractivity contribution in [2.75, 3.05) is 5.32 Å². The fraction of sp³-hybridized carbons (Fsp3) is 0. The molecule has 0 spiro atoms. The summed E-state index contributed by atoms with van der Waals surface area (Å²) in [5.74, 6) is -0.517. The van der Waals surface area contributed by atoms with Crippen LogP contribution in [0.3, 0.4) is 0 Å². The molecule has 104 valence electrons. The van der Waals surface area contributed by atoms with E-state index >= 15 is 0 Å². The minimum absolute atomic E-state index is 0.0441. The summed E-state index contributed by atoms with van der Waals surface area (Å²) in [6.45, 7) is 0. The Morgan fingerprint density at radius 1 is 1.14 bits per heavy atom. The third kappa shape index (κ3) is 2.85. The summed E-state index contributed by atoms with van der Waals surface area (Å²) in [5.41, 5.74) is 0.279. The van der Waals surface area contributed by atoms with Gasteiger partial charge in [-0.05, 0) is 36.4 Å². The van der Waals surface area contributed by atoms with E-state index in [1.165, 1.54) is 6.07 Å². The van der Waals surface area contributed by atoms with Gasteiger partial charge in [0.25, 0.3) is 5.91 Å². The van der Waals surface area contributed by atoms with Gasteiger partial charge in [0, 0.05) is 27.9 Å². The average Bonchev–Trinajstić information content (AvgIpc) is 2.48. The van der Waals surface area contributed by atoms with Crippen molar-refractivity contribution in [3.8, 4) is 0 Å². The number of pyridine rings is 1. The van der Waals surface area contributed by atoms with E-state index in [-0.39, 0.29) is 5.56 Å². The zero-order valence-corrected chi connectivity index (χ0v) is 12.3. The Hall–Kier alpha value is -2.47. The van der Waals surface area contributed by atoms with Gasteiger partial charge in [0.15, 0.2) is 0 Å². The Balaban J connectivity index is 2.01. The van der Waals surface area contributed by atoms with E-state index in [4.69, 9.17) is 4.42 Å². The maximum absolute atomic E-state index is 12.2. The van der Waals surface area contributed by atoms with Crippen LogP contribution < -0.4 is 10.9 Å². The van der Waals surface area contributed by atoms with Gasteiger partial charge in [0.05, 0.1) is 0 Å². The second-order valence-corrected chi connectivity index (χ2v) is 5.24. The van der Waals surface area contributed by atoms with Gasteiger partial charge in [-0.1, -0.05) is 15.9 Å². The molecule has 2 aromatic heterocycles. The number of nitrogens with one attached hydrogen (secondary N) is 1. The van der Waals surface area contributed by atoms with Gasteiger partial charge in [-0.2, -0.15) is 0 Å². The van der Waals surface area contributed by atoms with Gasteiger partial charge in [-0.3, -0.25) is 9.78 Å². The number of aromatic nitrogens is 1. The summed E-state index contributed by atoms with van der Waals surface area (Å²) >= 11 is 3.34. The molecular weight excluding hydrogens is 336 g/mol. The van der Waals surface area contributed by atoms with Crippen LogP contribution in [0.1, 0.15) is 10.4 Å². The molecule has 0 aliphatic heterocycles. The smallest absolute Gasteiger partial charge is 0.349 e. The third-order valence-electron chi connectivity index (χ3n) is 2.88. The summed E-state index contributed by atoms with van der Waals surface area (Å²) in [6, 6.07) is 10.0. The molecule has 6 heteroatoms. The van der Waals surface area contributed by atoms with E-state index in [9.17, 15) is 9.59 Å². The molecular formula is C15H9BrN2O3. The van der Waals surface area contributed by atoms with Gasteiger partial charge < -0.3 is 9.73 Å². The van der Waals surface area contributed by atoms with Crippen LogP contribution >= 0.6 is 15.9 Å². The number of nitrogens with zero attached hydrogens (tertiary/aromatic N) is 1. The minimum Gasteiger partial charge on any atom is -0.422 e. The molecule has 1 N–H and O–H groups in total. The highest BCUT2D eigenvalue weighted by molar-refractivity contribution is 9.10. The average molecular weight is 345 g/mol. The Morgan fingerprint density at radius 2 is 1.90 bits per heavy atom. The molecule has 0 saturated heterocycles. The van der Waals surface area contributed by atoms with E-state index < -0.39 is 11.5 Å². The third-order valence-corrected chi connectivity index (χ3v) is 3.37. The van der Waals surface area contributed by atoms with Crippen LogP contribution in [0.4, 0.5) is 5.69 Å². The number of hydrogen-bond acceptors (Lipinski definition) is 4. The largest absolute Gasteiger partial charge is 0.422 e. The van der Waals surface area contributed by atoms with Gasteiger partial charge in [-0.15, -0.1) is 0 Å². The molecule has 1 aromatic carbocycles. The van der Waals surface area contributed by atoms with E-state index in [2.05, 4.69) is 26.2 Å². The summed E-state index contributed by atoms with van der Waals surface area (Å²) in [7, 11) is 0. The molecule has 1 amide bonds. The van der Waals surface area contributed by atoms with Gasteiger partial charge in [0.2, 0.25) is 0 Å². The zero-order valence-electron chi connectivity index (χ0n) is 10.7.